The second-order valence-corrected chi connectivity index (χ2v) is 6.11. The maximum absolute atomic E-state index is 14.1. The lowest BCUT2D eigenvalue weighted by atomic mass is 10.1. The Morgan fingerprint density at radius 1 is 1.47 bits per heavy atom. The third-order valence-electron chi connectivity index (χ3n) is 3.98. The third kappa shape index (κ3) is 3.07. The quantitative estimate of drug-likeness (QED) is 0.873. The first-order valence-electron chi connectivity index (χ1n) is 7.03. The molecule has 0 amide bonds. The van der Waals surface area contributed by atoms with Crippen LogP contribution in [0.2, 0.25) is 0 Å². The Hall–Kier alpha value is -1.13. The van der Waals surface area contributed by atoms with Gasteiger partial charge in [0.05, 0.1) is 11.3 Å². The van der Waals surface area contributed by atoms with Gasteiger partial charge in [0, 0.05) is 25.7 Å². The Balaban J connectivity index is 1.68. The van der Waals surface area contributed by atoms with Gasteiger partial charge in [0.2, 0.25) is 0 Å². The minimum absolute atomic E-state index is 0.187. The van der Waals surface area contributed by atoms with E-state index in [1.807, 2.05) is 17.0 Å². The van der Waals surface area contributed by atoms with Crippen LogP contribution in [0.1, 0.15) is 31.7 Å². The Morgan fingerprint density at radius 3 is 2.84 bits per heavy atom. The van der Waals surface area contributed by atoms with Crippen LogP contribution in [0.25, 0.3) is 0 Å². The maximum atomic E-state index is 14.1. The molecule has 0 aromatic heterocycles. The minimum Gasteiger partial charge on any atom is -0.388 e. The van der Waals surface area contributed by atoms with E-state index in [0.29, 0.717) is 31.2 Å². The fourth-order valence-electron chi connectivity index (χ4n) is 2.62. The average Bonchev–Trinajstić information content (AvgIpc) is 3.11. The van der Waals surface area contributed by atoms with Crippen molar-refractivity contribution in [2.75, 3.05) is 18.0 Å². The lowest BCUT2D eigenvalue weighted by Gasteiger charge is -2.21. The van der Waals surface area contributed by atoms with E-state index in [4.69, 9.17) is 0 Å². The SMILES string of the molecule is CC1(O)CCN(c2ccc(CNC3CC3)cc2F)C1. The van der Waals surface area contributed by atoms with E-state index in [1.165, 1.54) is 12.8 Å². The molecule has 1 atom stereocenters. The molecule has 2 aliphatic rings. The lowest BCUT2D eigenvalue weighted by molar-refractivity contribution is 0.0839. The van der Waals surface area contributed by atoms with Crippen LogP contribution in [0.5, 0.6) is 0 Å². The molecule has 0 bridgehead atoms. The highest BCUT2D eigenvalue weighted by Gasteiger charge is 2.32. The van der Waals surface area contributed by atoms with E-state index < -0.39 is 5.60 Å². The summed E-state index contributed by atoms with van der Waals surface area (Å²) >= 11 is 0. The summed E-state index contributed by atoms with van der Waals surface area (Å²) in [5.74, 6) is -0.187. The molecule has 1 aromatic carbocycles. The zero-order valence-corrected chi connectivity index (χ0v) is 11.3. The van der Waals surface area contributed by atoms with Crippen LogP contribution in [0.3, 0.4) is 0 Å². The second-order valence-electron chi connectivity index (χ2n) is 6.11. The Bertz CT molecular complexity index is 471. The van der Waals surface area contributed by atoms with Crippen molar-refractivity contribution in [3.8, 4) is 0 Å². The zero-order valence-electron chi connectivity index (χ0n) is 11.3. The van der Waals surface area contributed by atoms with E-state index in [2.05, 4.69) is 5.32 Å². The number of halogens is 1. The molecule has 1 saturated heterocycles. The van der Waals surface area contributed by atoms with Gasteiger partial charge < -0.3 is 15.3 Å². The number of β-amino-alcohol motifs (C(OH)–C–C–N with tert-alkyl or cyclic N) is 1. The highest BCUT2D eigenvalue weighted by molar-refractivity contribution is 5.50. The summed E-state index contributed by atoms with van der Waals surface area (Å²) in [7, 11) is 0. The van der Waals surface area contributed by atoms with Crippen molar-refractivity contribution >= 4 is 5.69 Å². The molecule has 1 unspecified atom stereocenters. The van der Waals surface area contributed by atoms with Crippen LogP contribution in [0, 0.1) is 5.82 Å². The molecule has 19 heavy (non-hydrogen) atoms. The van der Waals surface area contributed by atoms with Gasteiger partial charge >= 0.3 is 0 Å². The predicted molar refractivity (Wildman–Crippen MR) is 73.7 cm³/mol. The van der Waals surface area contributed by atoms with Crippen LogP contribution in [-0.4, -0.2) is 29.8 Å². The lowest BCUT2D eigenvalue weighted by Crippen LogP contribution is -2.30. The summed E-state index contributed by atoms with van der Waals surface area (Å²) in [6, 6.07) is 6.05. The number of rotatable bonds is 4. The standard InChI is InChI=1S/C15H21FN2O/c1-15(19)6-7-18(10-15)14-5-2-11(8-13(14)16)9-17-12-3-4-12/h2,5,8,12,17,19H,3-4,6-7,9-10H2,1H3. The number of aliphatic hydroxyl groups is 1. The topological polar surface area (TPSA) is 35.5 Å². The maximum Gasteiger partial charge on any atom is 0.146 e. The number of hydrogen-bond acceptors (Lipinski definition) is 3. The average molecular weight is 264 g/mol. The highest BCUT2D eigenvalue weighted by Crippen LogP contribution is 2.29. The summed E-state index contributed by atoms with van der Waals surface area (Å²) in [6.45, 7) is 3.76. The fraction of sp³-hybridized carbons (Fsp3) is 0.600. The molecule has 1 saturated carbocycles. The van der Waals surface area contributed by atoms with Crippen molar-refractivity contribution in [2.24, 2.45) is 0 Å². The van der Waals surface area contributed by atoms with Gasteiger partial charge in [-0.3, -0.25) is 0 Å². The first-order valence-corrected chi connectivity index (χ1v) is 7.03. The molecule has 1 aliphatic heterocycles. The first-order chi connectivity index (χ1) is 9.03. The molecule has 0 spiro atoms. The molecule has 1 heterocycles. The molecule has 1 aliphatic carbocycles. The van der Waals surface area contributed by atoms with Crippen molar-refractivity contribution in [3.05, 3.63) is 29.6 Å². The molecule has 1 aromatic rings. The van der Waals surface area contributed by atoms with Gasteiger partial charge in [0.1, 0.15) is 5.82 Å². The number of benzene rings is 1. The Kier molecular flexibility index (Phi) is 3.23. The molecule has 4 heteroatoms. The van der Waals surface area contributed by atoms with Crippen LogP contribution in [0.15, 0.2) is 18.2 Å². The van der Waals surface area contributed by atoms with E-state index >= 15 is 0 Å². The fourth-order valence-corrected chi connectivity index (χ4v) is 2.62. The van der Waals surface area contributed by atoms with Gasteiger partial charge in [-0.15, -0.1) is 0 Å². The van der Waals surface area contributed by atoms with Crippen LogP contribution in [0.4, 0.5) is 10.1 Å². The van der Waals surface area contributed by atoms with Crippen LogP contribution >= 0.6 is 0 Å². The predicted octanol–water partition coefficient (Wildman–Crippen LogP) is 2.04. The second kappa shape index (κ2) is 4.76. The van der Waals surface area contributed by atoms with Crippen molar-refractivity contribution in [1.82, 2.24) is 5.32 Å². The molecular formula is C15H21FN2O. The van der Waals surface area contributed by atoms with Crippen molar-refractivity contribution in [2.45, 2.75) is 44.4 Å². The third-order valence-corrected chi connectivity index (χ3v) is 3.98. The van der Waals surface area contributed by atoms with E-state index in [-0.39, 0.29) is 5.82 Å². The highest BCUT2D eigenvalue weighted by atomic mass is 19.1. The molecule has 2 N–H and O–H groups in total. The summed E-state index contributed by atoms with van der Waals surface area (Å²) in [6.07, 6.45) is 3.17. The number of hydrogen-bond donors (Lipinski definition) is 2. The molecule has 0 radical (unpaired) electrons. The summed E-state index contributed by atoms with van der Waals surface area (Å²) < 4.78 is 14.1. The Morgan fingerprint density at radius 2 is 2.26 bits per heavy atom. The van der Waals surface area contributed by atoms with Crippen molar-refractivity contribution in [1.29, 1.82) is 0 Å². The van der Waals surface area contributed by atoms with Gasteiger partial charge in [-0.1, -0.05) is 6.07 Å². The molecule has 3 rings (SSSR count). The number of nitrogens with zero attached hydrogens (tertiary/aromatic N) is 1. The van der Waals surface area contributed by atoms with Crippen molar-refractivity contribution < 1.29 is 9.50 Å². The van der Waals surface area contributed by atoms with Gasteiger partial charge in [-0.25, -0.2) is 4.39 Å². The van der Waals surface area contributed by atoms with Gasteiger partial charge in [-0.05, 0) is 43.9 Å². The van der Waals surface area contributed by atoms with Gasteiger partial charge in [-0.2, -0.15) is 0 Å². The largest absolute Gasteiger partial charge is 0.388 e. The number of anilines is 1. The van der Waals surface area contributed by atoms with Crippen LogP contribution < -0.4 is 10.2 Å². The number of nitrogens with one attached hydrogen (secondary N) is 1. The van der Waals surface area contributed by atoms with Crippen molar-refractivity contribution in [3.63, 3.8) is 0 Å². The normalized spacial score (nSPS) is 27.0. The van der Waals surface area contributed by atoms with E-state index in [9.17, 15) is 9.50 Å². The van der Waals surface area contributed by atoms with Gasteiger partial charge in [0.15, 0.2) is 0 Å². The first kappa shape index (κ1) is 12.9. The minimum atomic E-state index is -0.696. The summed E-state index contributed by atoms with van der Waals surface area (Å²) in [5.41, 5.74) is 0.894. The van der Waals surface area contributed by atoms with Gasteiger partial charge in [0.25, 0.3) is 0 Å². The zero-order chi connectivity index (χ0) is 13.5. The van der Waals surface area contributed by atoms with E-state index in [1.54, 1.807) is 13.0 Å². The molecule has 2 fully saturated rings. The molecule has 3 nitrogen and oxygen atoms in total. The smallest absolute Gasteiger partial charge is 0.146 e. The monoisotopic (exact) mass is 264 g/mol. The Labute approximate surface area is 113 Å². The summed E-state index contributed by atoms with van der Waals surface area (Å²) in [5, 5.41) is 13.3. The molecule has 104 valence electrons. The summed E-state index contributed by atoms with van der Waals surface area (Å²) in [4.78, 5) is 1.92. The van der Waals surface area contributed by atoms with Crippen LogP contribution in [-0.2, 0) is 6.54 Å². The van der Waals surface area contributed by atoms with E-state index in [0.717, 1.165) is 12.1 Å². The molecular weight excluding hydrogens is 243 g/mol.